The third-order valence-electron chi connectivity index (χ3n) is 3.12. The lowest BCUT2D eigenvalue weighted by Gasteiger charge is -2.14. The monoisotopic (exact) mass is 294 g/mol. The van der Waals surface area contributed by atoms with Crippen molar-refractivity contribution >= 4 is 12.0 Å². The first kappa shape index (κ1) is 17.0. The van der Waals surface area contributed by atoms with E-state index in [2.05, 4.69) is 24.5 Å². The minimum Gasteiger partial charge on any atom is -0.480 e. The molecule has 1 atom stereocenters. The number of carbonyl (C=O) groups is 2. The molecule has 1 aromatic rings. The van der Waals surface area contributed by atoms with Gasteiger partial charge in [-0.2, -0.15) is 0 Å². The molecule has 21 heavy (non-hydrogen) atoms. The van der Waals surface area contributed by atoms with Crippen LogP contribution in [0.1, 0.15) is 37.3 Å². The van der Waals surface area contributed by atoms with Gasteiger partial charge in [0, 0.05) is 19.6 Å². The van der Waals surface area contributed by atoms with E-state index in [0.29, 0.717) is 12.5 Å². The average molecular weight is 294 g/mol. The highest BCUT2D eigenvalue weighted by Gasteiger charge is 2.18. The Bertz CT molecular complexity index is 471. The predicted molar refractivity (Wildman–Crippen MR) is 79.0 cm³/mol. The molecule has 0 saturated carbocycles. The largest absolute Gasteiger partial charge is 0.480 e. The normalized spacial score (nSPS) is 12.0. The van der Waals surface area contributed by atoms with Crippen LogP contribution in [0.25, 0.3) is 0 Å². The second-order valence-electron chi connectivity index (χ2n) is 5.13. The van der Waals surface area contributed by atoms with E-state index in [9.17, 15) is 9.59 Å². The van der Waals surface area contributed by atoms with E-state index < -0.39 is 18.0 Å². The summed E-state index contributed by atoms with van der Waals surface area (Å²) in [6.07, 6.45) is -0.0220. The van der Waals surface area contributed by atoms with E-state index in [1.807, 2.05) is 24.3 Å². The Labute approximate surface area is 124 Å². The quantitative estimate of drug-likeness (QED) is 0.611. The standard InChI is InChI=1S/C15H22N2O4/c1-10(2)12-5-3-11(4-6-12)9-16-15(21)17-13(7-8-18)14(19)20/h3-6,10,13,18H,7-9H2,1-2H3,(H,19,20)(H2,16,17,21)/t13-/m0/s1. The lowest BCUT2D eigenvalue weighted by atomic mass is 10.0. The molecule has 4 N–H and O–H groups in total. The molecule has 0 aromatic heterocycles. The van der Waals surface area contributed by atoms with Crippen LogP contribution < -0.4 is 10.6 Å². The lowest BCUT2D eigenvalue weighted by molar-refractivity contribution is -0.139. The second kappa shape index (κ2) is 8.26. The Balaban J connectivity index is 2.46. The van der Waals surface area contributed by atoms with Gasteiger partial charge in [-0.15, -0.1) is 0 Å². The topological polar surface area (TPSA) is 98.7 Å². The van der Waals surface area contributed by atoms with Crippen molar-refractivity contribution in [3.63, 3.8) is 0 Å². The lowest BCUT2D eigenvalue weighted by Crippen LogP contribution is -2.46. The maximum atomic E-state index is 11.6. The van der Waals surface area contributed by atoms with Gasteiger partial charge in [0.2, 0.25) is 0 Å². The number of carbonyl (C=O) groups excluding carboxylic acids is 1. The van der Waals surface area contributed by atoms with Gasteiger partial charge in [0.05, 0.1) is 0 Å². The molecule has 0 bridgehead atoms. The fourth-order valence-electron chi connectivity index (χ4n) is 1.80. The highest BCUT2D eigenvalue weighted by molar-refractivity contribution is 5.82. The summed E-state index contributed by atoms with van der Waals surface area (Å²) in [5.74, 6) is -0.717. The maximum Gasteiger partial charge on any atom is 0.326 e. The Kier molecular flexibility index (Phi) is 6.68. The number of rotatable bonds is 7. The van der Waals surface area contributed by atoms with Crippen LogP contribution in [0, 0.1) is 0 Å². The van der Waals surface area contributed by atoms with Gasteiger partial charge in [0.25, 0.3) is 0 Å². The summed E-state index contributed by atoms with van der Waals surface area (Å²) < 4.78 is 0. The number of urea groups is 1. The molecule has 116 valence electrons. The molecule has 0 unspecified atom stereocenters. The van der Waals surface area contributed by atoms with E-state index in [0.717, 1.165) is 5.56 Å². The summed E-state index contributed by atoms with van der Waals surface area (Å²) >= 11 is 0. The number of carboxylic acids is 1. The van der Waals surface area contributed by atoms with Gasteiger partial charge in [0.15, 0.2) is 0 Å². The van der Waals surface area contributed by atoms with Crippen molar-refractivity contribution in [2.24, 2.45) is 0 Å². The van der Waals surface area contributed by atoms with Crippen molar-refractivity contribution in [1.82, 2.24) is 10.6 Å². The number of hydrogen-bond acceptors (Lipinski definition) is 3. The molecule has 0 spiro atoms. The third kappa shape index (κ3) is 5.83. The number of amides is 2. The summed E-state index contributed by atoms with van der Waals surface area (Å²) in [6, 6.07) is 6.22. The minimum atomic E-state index is -1.17. The molecule has 0 heterocycles. The Hall–Kier alpha value is -2.08. The molecular formula is C15H22N2O4. The molecule has 6 heteroatoms. The van der Waals surface area contributed by atoms with Gasteiger partial charge in [-0.25, -0.2) is 9.59 Å². The van der Waals surface area contributed by atoms with E-state index >= 15 is 0 Å². The molecule has 0 fully saturated rings. The van der Waals surface area contributed by atoms with E-state index in [4.69, 9.17) is 10.2 Å². The van der Waals surface area contributed by atoms with Gasteiger partial charge < -0.3 is 20.8 Å². The summed E-state index contributed by atoms with van der Waals surface area (Å²) in [4.78, 5) is 22.5. The summed E-state index contributed by atoms with van der Waals surface area (Å²) in [5, 5.41) is 22.5. The molecule has 1 rings (SSSR count). The van der Waals surface area contributed by atoms with Gasteiger partial charge in [-0.1, -0.05) is 38.1 Å². The molecule has 1 aromatic carbocycles. The van der Waals surface area contributed by atoms with Crippen LogP contribution in [-0.2, 0) is 11.3 Å². The van der Waals surface area contributed by atoms with Crippen molar-refractivity contribution in [3.05, 3.63) is 35.4 Å². The van der Waals surface area contributed by atoms with Crippen molar-refractivity contribution < 1.29 is 19.8 Å². The Morgan fingerprint density at radius 3 is 2.29 bits per heavy atom. The molecule has 0 radical (unpaired) electrons. The maximum absolute atomic E-state index is 11.6. The van der Waals surface area contributed by atoms with Crippen LogP contribution in [0.2, 0.25) is 0 Å². The number of aliphatic hydroxyl groups excluding tert-OH is 1. The molecule has 0 aliphatic heterocycles. The van der Waals surface area contributed by atoms with E-state index in [-0.39, 0.29) is 13.0 Å². The van der Waals surface area contributed by atoms with Crippen LogP contribution in [0.15, 0.2) is 24.3 Å². The zero-order chi connectivity index (χ0) is 15.8. The number of carboxylic acid groups (broad SMARTS) is 1. The van der Waals surface area contributed by atoms with Crippen LogP contribution in [0.5, 0.6) is 0 Å². The highest BCUT2D eigenvalue weighted by Crippen LogP contribution is 2.14. The molecule has 2 amide bonds. The molecular weight excluding hydrogens is 272 g/mol. The van der Waals surface area contributed by atoms with Crippen LogP contribution >= 0.6 is 0 Å². The van der Waals surface area contributed by atoms with Crippen molar-refractivity contribution in [3.8, 4) is 0 Å². The zero-order valence-corrected chi connectivity index (χ0v) is 12.3. The smallest absolute Gasteiger partial charge is 0.326 e. The minimum absolute atomic E-state index is 0.0220. The fraction of sp³-hybridized carbons (Fsp3) is 0.467. The first-order chi connectivity index (χ1) is 9.93. The molecule has 0 aliphatic rings. The third-order valence-corrected chi connectivity index (χ3v) is 3.12. The van der Waals surface area contributed by atoms with Crippen molar-refractivity contribution in [1.29, 1.82) is 0 Å². The fourth-order valence-corrected chi connectivity index (χ4v) is 1.80. The summed E-state index contributed by atoms with van der Waals surface area (Å²) in [6.45, 7) is 4.23. The average Bonchev–Trinajstić information content (AvgIpc) is 2.45. The predicted octanol–water partition coefficient (Wildman–Crippen LogP) is 1.44. The number of hydrogen-bond donors (Lipinski definition) is 4. The number of benzene rings is 1. The molecule has 6 nitrogen and oxygen atoms in total. The Morgan fingerprint density at radius 2 is 1.81 bits per heavy atom. The van der Waals surface area contributed by atoms with Crippen LogP contribution in [0.4, 0.5) is 4.79 Å². The summed E-state index contributed by atoms with van der Waals surface area (Å²) in [5.41, 5.74) is 2.15. The van der Waals surface area contributed by atoms with Crippen LogP contribution in [-0.4, -0.2) is 34.9 Å². The van der Waals surface area contributed by atoms with E-state index in [1.54, 1.807) is 0 Å². The first-order valence-corrected chi connectivity index (χ1v) is 6.91. The molecule has 0 saturated heterocycles. The van der Waals surface area contributed by atoms with Gasteiger partial charge >= 0.3 is 12.0 Å². The second-order valence-corrected chi connectivity index (χ2v) is 5.13. The summed E-state index contributed by atoms with van der Waals surface area (Å²) in [7, 11) is 0. The van der Waals surface area contributed by atoms with Gasteiger partial charge in [0.1, 0.15) is 6.04 Å². The Morgan fingerprint density at radius 1 is 1.19 bits per heavy atom. The number of nitrogens with one attached hydrogen (secondary N) is 2. The SMILES string of the molecule is CC(C)c1ccc(CNC(=O)N[C@@H](CCO)C(=O)O)cc1. The van der Waals surface area contributed by atoms with Gasteiger partial charge in [-0.3, -0.25) is 0 Å². The molecule has 0 aliphatic carbocycles. The zero-order valence-electron chi connectivity index (χ0n) is 12.3. The van der Waals surface area contributed by atoms with Crippen LogP contribution in [0.3, 0.4) is 0 Å². The van der Waals surface area contributed by atoms with Gasteiger partial charge in [-0.05, 0) is 17.0 Å². The highest BCUT2D eigenvalue weighted by atomic mass is 16.4. The van der Waals surface area contributed by atoms with E-state index in [1.165, 1.54) is 5.56 Å². The number of aliphatic hydroxyl groups is 1. The van der Waals surface area contributed by atoms with Crippen molar-refractivity contribution in [2.45, 2.75) is 38.8 Å². The first-order valence-electron chi connectivity index (χ1n) is 6.91. The van der Waals surface area contributed by atoms with Crippen molar-refractivity contribution in [2.75, 3.05) is 6.61 Å². The number of aliphatic carboxylic acids is 1.